The molecular weight excluding hydrogens is 384 g/mol. The highest BCUT2D eigenvalue weighted by Crippen LogP contribution is 2.28. The minimum absolute atomic E-state index is 0.123. The summed E-state index contributed by atoms with van der Waals surface area (Å²) in [6.07, 6.45) is 5.90. The monoisotopic (exact) mass is 408 g/mol. The molecule has 0 saturated carbocycles. The molecule has 6 nitrogen and oxygen atoms in total. The fraction of sp³-hybridized carbons (Fsp3) is 0.455. The minimum atomic E-state index is 0.123. The van der Waals surface area contributed by atoms with E-state index in [0.29, 0.717) is 18.3 Å². The summed E-state index contributed by atoms with van der Waals surface area (Å²) in [6, 6.07) is 6.73. The summed E-state index contributed by atoms with van der Waals surface area (Å²) in [5, 5.41) is 2.03. The molecule has 5 rings (SSSR count). The number of likely N-dealkylation sites (tertiary alicyclic amines) is 1. The normalized spacial score (nSPS) is 18.8. The zero-order valence-corrected chi connectivity index (χ0v) is 17.3. The van der Waals surface area contributed by atoms with Gasteiger partial charge in [0.15, 0.2) is 0 Å². The van der Waals surface area contributed by atoms with E-state index in [9.17, 15) is 4.79 Å². The standard InChI is InChI=1S/C22H24N4O2S/c1-14-23-11-21(29-14)16-2-3-17-10-24-22(25-19(17)8-16)9-20(27)15-4-6-26(7-5-15)18-12-28-13-18/h2-3,8,10-11,15,18H,4-7,9,12-13H2,1H3. The molecule has 7 heteroatoms. The van der Waals surface area contributed by atoms with Gasteiger partial charge in [-0.15, -0.1) is 11.3 Å². The number of hydrogen-bond acceptors (Lipinski definition) is 7. The molecule has 2 aliphatic rings. The zero-order chi connectivity index (χ0) is 19.8. The van der Waals surface area contributed by atoms with Crippen LogP contribution in [-0.2, 0) is 16.0 Å². The van der Waals surface area contributed by atoms with Crippen molar-refractivity contribution in [2.75, 3.05) is 26.3 Å². The number of aryl methyl sites for hydroxylation is 1. The van der Waals surface area contributed by atoms with E-state index in [1.165, 1.54) is 0 Å². The number of piperidine rings is 1. The number of ether oxygens (including phenoxy) is 1. The van der Waals surface area contributed by atoms with Crippen molar-refractivity contribution in [2.45, 2.75) is 32.2 Å². The maximum absolute atomic E-state index is 12.8. The molecule has 0 atom stereocenters. The molecule has 2 saturated heterocycles. The highest BCUT2D eigenvalue weighted by atomic mass is 32.1. The van der Waals surface area contributed by atoms with Crippen molar-refractivity contribution in [3.63, 3.8) is 0 Å². The summed E-state index contributed by atoms with van der Waals surface area (Å²) in [5.41, 5.74) is 1.98. The van der Waals surface area contributed by atoms with Crippen LogP contribution in [-0.4, -0.2) is 58.0 Å². The Hall–Kier alpha value is -2.22. The lowest BCUT2D eigenvalue weighted by Gasteiger charge is -2.41. The first kappa shape index (κ1) is 18.8. The lowest BCUT2D eigenvalue weighted by atomic mass is 9.90. The maximum Gasteiger partial charge on any atom is 0.143 e. The third kappa shape index (κ3) is 3.95. The molecular formula is C22H24N4O2S. The van der Waals surface area contributed by atoms with Crippen molar-refractivity contribution in [1.29, 1.82) is 0 Å². The highest BCUT2D eigenvalue weighted by molar-refractivity contribution is 7.15. The first-order valence-electron chi connectivity index (χ1n) is 10.2. The second-order valence-corrected chi connectivity index (χ2v) is 9.18. The van der Waals surface area contributed by atoms with Gasteiger partial charge in [-0.25, -0.2) is 15.0 Å². The molecule has 0 unspecified atom stereocenters. The van der Waals surface area contributed by atoms with E-state index in [1.54, 1.807) is 11.3 Å². The van der Waals surface area contributed by atoms with Gasteiger partial charge in [-0.2, -0.15) is 0 Å². The predicted octanol–water partition coefficient (Wildman–Crippen LogP) is 3.28. The van der Waals surface area contributed by atoms with E-state index in [-0.39, 0.29) is 11.7 Å². The average molecular weight is 409 g/mol. The molecule has 0 bridgehead atoms. The molecule has 0 amide bonds. The Balaban J connectivity index is 1.28. The highest BCUT2D eigenvalue weighted by Gasteiger charge is 2.32. The average Bonchev–Trinajstić information content (AvgIpc) is 3.13. The van der Waals surface area contributed by atoms with Crippen LogP contribution in [0.1, 0.15) is 23.7 Å². The number of carbonyl (C=O) groups excluding carboxylic acids is 1. The molecule has 2 fully saturated rings. The number of thiazole rings is 1. The van der Waals surface area contributed by atoms with Crippen LogP contribution in [0.2, 0.25) is 0 Å². The molecule has 3 aromatic rings. The second-order valence-electron chi connectivity index (χ2n) is 7.95. The fourth-order valence-corrected chi connectivity index (χ4v) is 4.89. The number of fused-ring (bicyclic) bond motifs is 1. The Morgan fingerprint density at radius 3 is 2.72 bits per heavy atom. The quantitative estimate of drug-likeness (QED) is 0.645. The Bertz CT molecular complexity index is 1040. The van der Waals surface area contributed by atoms with Crippen LogP contribution in [0.3, 0.4) is 0 Å². The molecule has 0 aliphatic carbocycles. The number of rotatable bonds is 5. The molecule has 0 radical (unpaired) electrons. The van der Waals surface area contributed by atoms with E-state index >= 15 is 0 Å². The third-order valence-corrected chi connectivity index (χ3v) is 6.95. The Morgan fingerprint density at radius 2 is 2.03 bits per heavy atom. The minimum Gasteiger partial charge on any atom is -0.378 e. The van der Waals surface area contributed by atoms with Crippen LogP contribution in [0.5, 0.6) is 0 Å². The molecule has 0 N–H and O–H groups in total. The van der Waals surface area contributed by atoms with Crippen LogP contribution in [0, 0.1) is 12.8 Å². The van der Waals surface area contributed by atoms with E-state index in [2.05, 4.69) is 27.0 Å². The summed E-state index contributed by atoms with van der Waals surface area (Å²) in [4.78, 5) is 29.9. The molecule has 0 spiro atoms. The summed E-state index contributed by atoms with van der Waals surface area (Å²) in [5.74, 6) is 1.01. The lowest BCUT2D eigenvalue weighted by molar-refractivity contribution is -0.125. The number of ketones is 1. The Morgan fingerprint density at radius 1 is 1.21 bits per heavy atom. The molecule has 150 valence electrons. The SMILES string of the molecule is Cc1ncc(-c2ccc3cnc(CC(=O)C4CCN(C5COC5)CC4)nc3c2)s1. The van der Waals surface area contributed by atoms with Crippen LogP contribution in [0.25, 0.3) is 21.3 Å². The van der Waals surface area contributed by atoms with Gasteiger partial charge in [0.1, 0.15) is 11.6 Å². The van der Waals surface area contributed by atoms with Crippen LogP contribution in [0.15, 0.2) is 30.6 Å². The van der Waals surface area contributed by atoms with Gasteiger partial charge >= 0.3 is 0 Å². The summed E-state index contributed by atoms with van der Waals surface area (Å²) < 4.78 is 5.29. The van der Waals surface area contributed by atoms with E-state index in [1.807, 2.05) is 25.4 Å². The second kappa shape index (κ2) is 7.89. The van der Waals surface area contributed by atoms with Crippen molar-refractivity contribution >= 4 is 28.0 Å². The summed E-state index contributed by atoms with van der Waals surface area (Å²) in [7, 11) is 0. The summed E-state index contributed by atoms with van der Waals surface area (Å²) in [6.45, 7) is 5.66. The van der Waals surface area contributed by atoms with Crippen LogP contribution in [0.4, 0.5) is 0 Å². The van der Waals surface area contributed by atoms with Crippen molar-refractivity contribution < 1.29 is 9.53 Å². The van der Waals surface area contributed by atoms with Gasteiger partial charge < -0.3 is 4.74 Å². The van der Waals surface area contributed by atoms with Crippen molar-refractivity contribution in [3.8, 4) is 10.4 Å². The van der Waals surface area contributed by atoms with E-state index < -0.39 is 0 Å². The largest absolute Gasteiger partial charge is 0.378 e. The van der Waals surface area contributed by atoms with Gasteiger partial charge in [0.05, 0.1) is 41.1 Å². The lowest BCUT2D eigenvalue weighted by Crippen LogP contribution is -2.52. The van der Waals surface area contributed by atoms with Gasteiger partial charge in [0, 0.05) is 23.7 Å². The van der Waals surface area contributed by atoms with Gasteiger partial charge in [-0.3, -0.25) is 9.69 Å². The van der Waals surface area contributed by atoms with Crippen molar-refractivity contribution in [1.82, 2.24) is 19.9 Å². The molecule has 4 heterocycles. The fourth-order valence-electron chi connectivity index (χ4n) is 4.12. The van der Waals surface area contributed by atoms with E-state index in [0.717, 1.165) is 65.5 Å². The Kier molecular flexibility index (Phi) is 5.11. The first-order chi connectivity index (χ1) is 14.2. The Labute approximate surface area is 174 Å². The van der Waals surface area contributed by atoms with Gasteiger partial charge in [0.25, 0.3) is 0 Å². The number of carbonyl (C=O) groups is 1. The van der Waals surface area contributed by atoms with Crippen LogP contribution < -0.4 is 0 Å². The van der Waals surface area contributed by atoms with Crippen molar-refractivity contribution in [3.05, 3.63) is 41.4 Å². The molecule has 1 aromatic carbocycles. The zero-order valence-electron chi connectivity index (χ0n) is 16.5. The predicted molar refractivity (Wildman–Crippen MR) is 113 cm³/mol. The molecule has 2 aromatic heterocycles. The van der Waals surface area contributed by atoms with E-state index in [4.69, 9.17) is 9.72 Å². The first-order valence-corrected chi connectivity index (χ1v) is 11.0. The number of nitrogens with zero attached hydrogens (tertiary/aromatic N) is 4. The molecule has 29 heavy (non-hydrogen) atoms. The topological polar surface area (TPSA) is 68.2 Å². The maximum atomic E-state index is 12.8. The number of benzene rings is 1. The number of hydrogen-bond donors (Lipinski definition) is 0. The van der Waals surface area contributed by atoms with Crippen LogP contribution >= 0.6 is 11.3 Å². The van der Waals surface area contributed by atoms with Gasteiger partial charge in [-0.05, 0) is 44.5 Å². The smallest absolute Gasteiger partial charge is 0.143 e. The number of Topliss-reactive ketones (excluding diaryl/α,β-unsaturated/α-hetero) is 1. The van der Waals surface area contributed by atoms with Gasteiger partial charge in [-0.1, -0.05) is 12.1 Å². The van der Waals surface area contributed by atoms with Crippen molar-refractivity contribution in [2.24, 2.45) is 5.92 Å². The summed E-state index contributed by atoms with van der Waals surface area (Å²) >= 11 is 1.67. The third-order valence-electron chi connectivity index (χ3n) is 5.99. The molecule has 2 aliphatic heterocycles. The number of aromatic nitrogens is 3. The van der Waals surface area contributed by atoms with Gasteiger partial charge in [0.2, 0.25) is 0 Å².